The fourth-order valence-corrected chi connectivity index (χ4v) is 2.29. The first kappa shape index (κ1) is 16.3. The van der Waals surface area contributed by atoms with Crippen LogP contribution in [0.4, 0.5) is 0 Å². The highest BCUT2D eigenvalue weighted by molar-refractivity contribution is 7.89. The lowest BCUT2D eigenvalue weighted by atomic mass is 10.3. The third-order valence-electron chi connectivity index (χ3n) is 2.13. The normalized spacial score (nSPS) is 12.3. The maximum atomic E-state index is 11.7. The molecule has 0 atom stereocenters. The minimum atomic E-state index is -3.36. The van der Waals surface area contributed by atoms with Crippen LogP contribution < -0.4 is 0 Å². The number of carboxylic acids is 1. The summed E-state index contributed by atoms with van der Waals surface area (Å²) in [6, 6.07) is 0. The van der Waals surface area contributed by atoms with Gasteiger partial charge in [-0.25, -0.2) is 12.7 Å². The van der Waals surface area contributed by atoms with Crippen LogP contribution in [0.1, 0.15) is 26.7 Å². The fraction of sp³-hybridized carbons (Fsp3) is 0.900. The lowest BCUT2D eigenvalue weighted by Gasteiger charge is -2.17. The molecule has 0 aliphatic heterocycles. The van der Waals surface area contributed by atoms with E-state index in [1.165, 1.54) is 11.4 Å². The summed E-state index contributed by atoms with van der Waals surface area (Å²) in [5, 5.41) is 8.42. The van der Waals surface area contributed by atoms with Crippen LogP contribution in [0.15, 0.2) is 0 Å². The summed E-state index contributed by atoms with van der Waals surface area (Å²) >= 11 is 0. The standard InChI is InChI=1S/C10H21NO5S/c1-9(2)16-7-6-11(3)17(14,15)8-4-5-10(12)13/h9H,4-8H2,1-3H3,(H,12,13). The molecule has 0 aromatic rings. The average Bonchev–Trinajstić information content (AvgIpc) is 2.15. The van der Waals surface area contributed by atoms with E-state index in [1.54, 1.807) is 0 Å². The van der Waals surface area contributed by atoms with Crippen molar-refractivity contribution in [2.45, 2.75) is 32.8 Å². The molecule has 0 unspecified atom stereocenters. The lowest BCUT2D eigenvalue weighted by Crippen LogP contribution is -2.32. The molecular weight excluding hydrogens is 246 g/mol. The molecule has 0 saturated heterocycles. The Labute approximate surface area is 103 Å². The molecule has 0 aliphatic carbocycles. The first-order valence-electron chi connectivity index (χ1n) is 5.53. The van der Waals surface area contributed by atoms with Crippen molar-refractivity contribution >= 4 is 16.0 Å². The van der Waals surface area contributed by atoms with Gasteiger partial charge < -0.3 is 9.84 Å². The van der Waals surface area contributed by atoms with Gasteiger partial charge in [0.25, 0.3) is 0 Å². The summed E-state index contributed by atoms with van der Waals surface area (Å²) in [4.78, 5) is 10.3. The number of ether oxygens (including phenoxy) is 1. The van der Waals surface area contributed by atoms with Crippen LogP contribution in [-0.4, -0.2) is 55.9 Å². The Morgan fingerprint density at radius 2 is 2.00 bits per heavy atom. The SMILES string of the molecule is CC(C)OCCN(C)S(=O)(=O)CCCC(=O)O. The molecule has 0 amide bonds. The molecule has 0 heterocycles. The number of nitrogens with zero attached hydrogens (tertiary/aromatic N) is 1. The van der Waals surface area contributed by atoms with Crippen molar-refractivity contribution in [2.24, 2.45) is 0 Å². The maximum absolute atomic E-state index is 11.7. The van der Waals surface area contributed by atoms with Gasteiger partial charge in [-0.15, -0.1) is 0 Å². The number of sulfonamides is 1. The zero-order valence-electron chi connectivity index (χ0n) is 10.5. The van der Waals surface area contributed by atoms with Crippen LogP contribution in [-0.2, 0) is 19.6 Å². The van der Waals surface area contributed by atoms with Crippen molar-refractivity contribution in [3.05, 3.63) is 0 Å². The molecule has 0 radical (unpaired) electrons. The van der Waals surface area contributed by atoms with E-state index in [0.717, 1.165) is 0 Å². The Bertz CT molecular complexity index is 326. The summed E-state index contributed by atoms with van der Waals surface area (Å²) in [5.74, 6) is -1.12. The molecule has 0 saturated carbocycles. The lowest BCUT2D eigenvalue weighted by molar-refractivity contribution is -0.137. The number of carboxylic acid groups (broad SMARTS) is 1. The Hall–Kier alpha value is -0.660. The molecule has 17 heavy (non-hydrogen) atoms. The zero-order valence-corrected chi connectivity index (χ0v) is 11.4. The van der Waals surface area contributed by atoms with Gasteiger partial charge in [-0.05, 0) is 20.3 Å². The van der Waals surface area contributed by atoms with Gasteiger partial charge in [0.15, 0.2) is 0 Å². The minimum absolute atomic E-state index is 0.0677. The number of rotatable bonds is 9. The molecule has 7 heteroatoms. The molecule has 1 N–H and O–H groups in total. The Balaban J connectivity index is 3.99. The van der Waals surface area contributed by atoms with E-state index in [9.17, 15) is 13.2 Å². The van der Waals surface area contributed by atoms with Gasteiger partial charge in [0.2, 0.25) is 10.0 Å². The predicted molar refractivity (Wildman–Crippen MR) is 64.4 cm³/mol. The van der Waals surface area contributed by atoms with Crippen LogP contribution in [0.3, 0.4) is 0 Å². The molecule has 0 fully saturated rings. The monoisotopic (exact) mass is 267 g/mol. The van der Waals surface area contributed by atoms with Crippen LogP contribution >= 0.6 is 0 Å². The van der Waals surface area contributed by atoms with Gasteiger partial charge >= 0.3 is 5.97 Å². The molecule has 0 spiro atoms. The van der Waals surface area contributed by atoms with Gasteiger partial charge in [0.05, 0.1) is 18.5 Å². The molecule has 0 bridgehead atoms. The van der Waals surface area contributed by atoms with Gasteiger partial charge in [-0.1, -0.05) is 0 Å². The largest absolute Gasteiger partial charge is 0.481 e. The average molecular weight is 267 g/mol. The van der Waals surface area contributed by atoms with Crippen LogP contribution in [0.25, 0.3) is 0 Å². The Morgan fingerprint density at radius 3 is 2.47 bits per heavy atom. The number of hydrogen-bond donors (Lipinski definition) is 1. The number of carbonyl (C=O) groups is 1. The quantitative estimate of drug-likeness (QED) is 0.659. The molecular formula is C10H21NO5S. The van der Waals surface area contributed by atoms with E-state index in [4.69, 9.17) is 9.84 Å². The van der Waals surface area contributed by atoms with Gasteiger partial charge in [0.1, 0.15) is 0 Å². The second-order valence-corrected chi connectivity index (χ2v) is 6.25. The highest BCUT2D eigenvalue weighted by Crippen LogP contribution is 2.03. The maximum Gasteiger partial charge on any atom is 0.303 e. The van der Waals surface area contributed by atoms with Crippen LogP contribution in [0.2, 0.25) is 0 Å². The van der Waals surface area contributed by atoms with Crippen molar-refractivity contribution in [2.75, 3.05) is 26.0 Å². The third-order valence-corrected chi connectivity index (χ3v) is 4.06. The van der Waals surface area contributed by atoms with Crippen LogP contribution in [0, 0.1) is 0 Å². The summed E-state index contributed by atoms with van der Waals surface area (Å²) in [7, 11) is -1.89. The Kier molecular flexibility index (Phi) is 7.33. The molecule has 0 aliphatic rings. The van der Waals surface area contributed by atoms with E-state index in [2.05, 4.69) is 0 Å². The minimum Gasteiger partial charge on any atom is -0.481 e. The summed E-state index contributed by atoms with van der Waals surface area (Å²) in [6.07, 6.45) is 0.0703. The number of aliphatic carboxylic acids is 1. The van der Waals surface area contributed by atoms with Gasteiger partial charge in [-0.3, -0.25) is 4.79 Å². The van der Waals surface area contributed by atoms with Gasteiger partial charge in [0, 0.05) is 20.0 Å². The fourth-order valence-electron chi connectivity index (χ4n) is 1.12. The van der Waals surface area contributed by atoms with Crippen molar-refractivity contribution < 1.29 is 23.1 Å². The van der Waals surface area contributed by atoms with E-state index < -0.39 is 16.0 Å². The summed E-state index contributed by atoms with van der Waals surface area (Å²) in [5.41, 5.74) is 0. The second kappa shape index (κ2) is 7.62. The van der Waals surface area contributed by atoms with Crippen molar-refractivity contribution in [3.8, 4) is 0 Å². The molecule has 0 rings (SSSR count). The molecule has 102 valence electrons. The molecule has 6 nitrogen and oxygen atoms in total. The number of likely N-dealkylation sites (N-methyl/N-ethyl adjacent to an activating group) is 1. The topological polar surface area (TPSA) is 83.9 Å². The van der Waals surface area contributed by atoms with E-state index in [0.29, 0.717) is 6.61 Å². The first-order chi connectivity index (χ1) is 7.75. The summed E-state index contributed by atoms with van der Waals surface area (Å²) < 4.78 is 29.8. The summed E-state index contributed by atoms with van der Waals surface area (Å²) in [6.45, 7) is 4.38. The van der Waals surface area contributed by atoms with E-state index >= 15 is 0 Å². The highest BCUT2D eigenvalue weighted by Gasteiger charge is 2.17. The molecule has 0 aromatic carbocycles. The Morgan fingerprint density at radius 1 is 1.41 bits per heavy atom. The van der Waals surface area contributed by atoms with E-state index in [-0.39, 0.29) is 31.2 Å². The third kappa shape index (κ3) is 8.12. The first-order valence-corrected chi connectivity index (χ1v) is 7.14. The highest BCUT2D eigenvalue weighted by atomic mass is 32.2. The zero-order chi connectivity index (χ0) is 13.5. The van der Waals surface area contributed by atoms with Crippen molar-refractivity contribution in [1.29, 1.82) is 0 Å². The van der Waals surface area contributed by atoms with E-state index in [1.807, 2.05) is 13.8 Å². The second-order valence-electron chi connectivity index (χ2n) is 4.05. The van der Waals surface area contributed by atoms with Crippen molar-refractivity contribution in [3.63, 3.8) is 0 Å². The van der Waals surface area contributed by atoms with Gasteiger partial charge in [-0.2, -0.15) is 0 Å². The number of hydrogen-bond acceptors (Lipinski definition) is 4. The molecule has 0 aromatic heterocycles. The van der Waals surface area contributed by atoms with Crippen LogP contribution in [0.5, 0.6) is 0 Å². The smallest absolute Gasteiger partial charge is 0.303 e. The predicted octanol–water partition coefficient (Wildman–Crippen LogP) is 0.538. The van der Waals surface area contributed by atoms with Crippen molar-refractivity contribution in [1.82, 2.24) is 4.31 Å².